The monoisotopic (exact) mass is 302 g/mol. The zero-order valence-corrected chi connectivity index (χ0v) is 15.0. The summed E-state index contributed by atoms with van der Waals surface area (Å²) in [6.07, 6.45) is 9.34. The van der Waals surface area contributed by atoms with Crippen molar-refractivity contribution in [3.63, 3.8) is 0 Å². The Kier molecular flexibility index (Phi) is 6.85. The molecular weight excluding hydrogens is 282 g/mol. The molecule has 0 amide bonds. The van der Waals surface area contributed by atoms with E-state index in [2.05, 4.69) is 72.8 Å². The molecule has 0 aromatic heterocycles. The maximum absolute atomic E-state index is 2.39. The van der Waals surface area contributed by atoms with Crippen LogP contribution in [0.1, 0.15) is 36.9 Å². The van der Waals surface area contributed by atoms with Crippen molar-refractivity contribution in [2.24, 2.45) is 0 Å². The van der Waals surface area contributed by atoms with Crippen molar-refractivity contribution >= 4 is 21.7 Å². The van der Waals surface area contributed by atoms with E-state index in [1.54, 1.807) is 0 Å². The molecule has 23 heavy (non-hydrogen) atoms. The normalized spacial score (nSPS) is 19.7. The fourth-order valence-corrected chi connectivity index (χ4v) is 4.90. The molecule has 0 saturated heterocycles. The standard InChI is InChI=1S/C20H18Si.2Li.2H/c1-3-7-19-15(5-1)9-11-17(19)13-21-14-18-12-10-16-6-2-4-8-20(16)18;;;;/h1-12,17-18H,13-14H2;;;;/q;2*+1;2*-1. The predicted molar refractivity (Wildman–Crippen MR) is 94.0 cm³/mol. The van der Waals surface area contributed by atoms with Crippen molar-refractivity contribution < 1.29 is 40.6 Å². The van der Waals surface area contributed by atoms with Crippen LogP contribution in [0.3, 0.4) is 0 Å². The van der Waals surface area contributed by atoms with Crippen molar-refractivity contribution in [2.75, 3.05) is 0 Å². The van der Waals surface area contributed by atoms with Gasteiger partial charge in [0.05, 0.1) is 0 Å². The quantitative estimate of drug-likeness (QED) is 0.661. The Labute approximate surface area is 168 Å². The molecule has 0 fully saturated rings. The zero-order valence-electron chi connectivity index (χ0n) is 16.0. The van der Waals surface area contributed by atoms with Crippen LogP contribution in [0.5, 0.6) is 0 Å². The molecule has 2 radical (unpaired) electrons. The van der Waals surface area contributed by atoms with Crippen LogP contribution in [-0.4, -0.2) is 9.52 Å². The number of benzene rings is 2. The summed E-state index contributed by atoms with van der Waals surface area (Å²) in [5.41, 5.74) is 5.87. The van der Waals surface area contributed by atoms with Gasteiger partial charge >= 0.3 is 37.7 Å². The fourth-order valence-electron chi connectivity index (χ4n) is 3.40. The third-order valence-corrected chi connectivity index (χ3v) is 5.99. The summed E-state index contributed by atoms with van der Waals surface area (Å²) in [6.45, 7) is 0. The molecule has 3 heteroatoms. The van der Waals surface area contributed by atoms with Gasteiger partial charge in [-0.2, -0.15) is 0 Å². The average Bonchev–Trinajstić information content (AvgIpc) is 3.13. The van der Waals surface area contributed by atoms with Gasteiger partial charge in [0, 0.05) is 9.52 Å². The summed E-state index contributed by atoms with van der Waals surface area (Å²) in [5.74, 6) is 1.28. The van der Waals surface area contributed by atoms with E-state index >= 15 is 0 Å². The van der Waals surface area contributed by atoms with E-state index in [-0.39, 0.29) is 40.6 Å². The molecule has 2 atom stereocenters. The summed E-state index contributed by atoms with van der Waals surface area (Å²) >= 11 is 0. The van der Waals surface area contributed by atoms with Crippen molar-refractivity contribution in [1.82, 2.24) is 0 Å². The molecule has 0 heterocycles. The fraction of sp³-hybridized carbons (Fsp3) is 0.200. The van der Waals surface area contributed by atoms with Gasteiger partial charge in [-0.15, -0.1) is 0 Å². The second-order valence-corrected chi connectivity index (χ2v) is 7.16. The Hall–Kier alpha value is -0.668. The SMILES string of the molecule is C1=CC(C[Si]CC2C=Cc3ccccc32)c2ccccc21.[H-].[H-].[Li+].[Li+]. The van der Waals surface area contributed by atoms with Gasteiger partial charge < -0.3 is 2.85 Å². The molecule has 0 nitrogen and oxygen atoms in total. The van der Waals surface area contributed by atoms with E-state index in [0.717, 1.165) is 9.52 Å². The molecule has 2 aromatic rings. The third-order valence-electron chi connectivity index (χ3n) is 4.54. The van der Waals surface area contributed by atoms with Crippen molar-refractivity contribution in [1.29, 1.82) is 0 Å². The van der Waals surface area contributed by atoms with Crippen molar-refractivity contribution in [3.8, 4) is 0 Å². The van der Waals surface area contributed by atoms with Gasteiger partial charge in [-0.25, -0.2) is 0 Å². The molecule has 0 bridgehead atoms. The smallest absolute Gasteiger partial charge is 1.00 e. The van der Waals surface area contributed by atoms with Crippen molar-refractivity contribution in [3.05, 3.63) is 82.9 Å². The van der Waals surface area contributed by atoms with Crippen LogP contribution in [-0.2, 0) is 0 Å². The molecule has 106 valence electrons. The van der Waals surface area contributed by atoms with E-state index in [0.29, 0.717) is 11.8 Å². The van der Waals surface area contributed by atoms with Gasteiger partial charge in [0.15, 0.2) is 0 Å². The molecule has 0 spiro atoms. The van der Waals surface area contributed by atoms with Gasteiger partial charge in [-0.05, 0) is 34.1 Å². The second-order valence-electron chi connectivity index (χ2n) is 5.85. The minimum atomic E-state index is 0. The maximum Gasteiger partial charge on any atom is 1.00 e. The first-order valence-electron chi connectivity index (χ1n) is 7.67. The van der Waals surface area contributed by atoms with E-state index in [4.69, 9.17) is 0 Å². The number of rotatable bonds is 4. The zero-order chi connectivity index (χ0) is 14.1. The van der Waals surface area contributed by atoms with E-state index in [9.17, 15) is 0 Å². The number of allylic oxidation sites excluding steroid dienone is 2. The number of hydrogen-bond donors (Lipinski definition) is 0. The van der Waals surface area contributed by atoms with Gasteiger partial charge in [0.25, 0.3) is 0 Å². The van der Waals surface area contributed by atoms with Crippen molar-refractivity contribution in [2.45, 2.75) is 23.9 Å². The largest absolute Gasteiger partial charge is 1.00 e. The molecule has 2 aliphatic carbocycles. The first kappa shape index (κ1) is 18.7. The first-order valence-corrected chi connectivity index (χ1v) is 9.08. The molecule has 0 aliphatic heterocycles. The van der Waals surface area contributed by atoms with E-state index in [1.807, 2.05) is 0 Å². The molecular formula is C20H20Li2Si. The van der Waals surface area contributed by atoms with E-state index in [1.165, 1.54) is 34.3 Å². The Morgan fingerprint density at radius 3 is 1.61 bits per heavy atom. The molecule has 2 aliphatic rings. The van der Waals surface area contributed by atoms with E-state index < -0.39 is 0 Å². The van der Waals surface area contributed by atoms with Gasteiger partial charge in [-0.1, -0.05) is 84.9 Å². The maximum atomic E-state index is 2.39. The van der Waals surface area contributed by atoms with Crippen LogP contribution in [0.4, 0.5) is 0 Å². The van der Waals surface area contributed by atoms with Crippen LogP contribution >= 0.6 is 0 Å². The topological polar surface area (TPSA) is 0 Å². The van der Waals surface area contributed by atoms with Crippen LogP contribution in [0.15, 0.2) is 60.7 Å². The summed E-state index contributed by atoms with van der Waals surface area (Å²) in [6, 6.07) is 20.2. The molecule has 0 saturated carbocycles. The van der Waals surface area contributed by atoms with Crippen LogP contribution in [0.2, 0.25) is 12.1 Å². The number of hydrogen-bond acceptors (Lipinski definition) is 0. The third kappa shape index (κ3) is 3.88. The number of fused-ring (bicyclic) bond motifs is 2. The average molecular weight is 302 g/mol. The molecule has 2 unspecified atom stereocenters. The summed E-state index contributed by atoms with van der Waals surface area (Å²) in [4.78, 5) is 0. The molecule has 4 rings (SSSR count). The summed E-state index contributed by atoms with van der Waals surface area (Å²) in [7, 11) is 1.02. The van der Waals surface area contributed by atoms with Crippen LogP contribution in [0.25, 0.3) is 12.2 Å². The van der Waals surface area contributed by atoms with Gasteiger partial charge in [-0.3, -0.25) is 0 Å². The summed E-state index contributed by atoms with van der Waals surface area (Å²) < 4.78 is 0. The predicted octanol–water partition coefficient (Wildman–Crippen LogP) is -0.619. The summed E-state index contributed by atoms with van der Waals surface area (Å²) in [5, 5.41) is 0. The Morgan fingerprint density at radius 2 is 1.13 bits per heavy atom. The molecule has 2 aromatic carbocycles. The minimum Gasteiger partial charge on any atom is -1.00 e. The Balaban J connectivity index is 0.00000144. The molecule has 0 N–H and O–H groups in total. The second kappa shape index (κ2) is 8.44. The van der Waals surface area contributed by atoms with Gasteiger partial charge in [0.2, 0.25) is 0 Å². The van der Waals surface area contributed by atoms with Crippen LogP contribution < -0.4 is 37.7 Å². The minimum absolute atomic E-state index is 0. The Bertz CT molecular complexity index is 670. The Morgan fingerprint density at radius 1 is 0.696 bits per heavy atom. The first-order chi connectivity index (χ1) is 10.4. The van der Waals surface area contributed by atoms with Crippen LogP contribution in [0, 0.1) is 0 Å². The van der Waals surface area contributed by atoms with Gasteiger partial charge in [0.1, 0.15) is 0 Å².